The van der Waals surface area contributed by atoms with Crippen molar-refractivity contribution in [2.24, 2.45) is 0 Å². The highest BCUT2D eigenvalue weighted by Gasteiger charge is 2.30. The third-order valence-corrected chi connectivity index (χ3v) is 5.91. The molecular formula is C21H25N3O3. The quantitative estimate of drug-likeness (QED) is 0.883. The fraction of sp³-hybridized carbons (Fsp3) is 0.524. The van der Waals surface area contributed by atoms with E-state index in [1.54, 1.807) is 0 Å². The maximum absolute atomic E-state index is 13.2. The van der Waals surface area contributed by atoms with E-state index in [9.17, 15) is 4.79 Å². The Bertz CT molecular complexity index is 854. The molecule has 4 heterocycles. The van der Waals surface area contributed by atoms with Gasteiger partial charge in [0.1, 0.15) is 11.5 Å². The van der Waals surface area contributed by atoms with E-state index in [-0.39, 0.29) is 5.91 Å². The lowest BCUT2D eigenvalue weighted by Gasteiger charge is -2.28. The fourth-order valence-electron chi connectivity index (χ4n) is 4.37. The average molecular weight is 367 g/mol. The normalized spacial score (nSPS) is 19.9. The average Bonchev–Trinajstić information content (AvgIpc) is 3.17. The van der Waals surface area contributed by atoms with Gasteiger partial charge in [-0.05, 0) is 37.3 Å². The summed E-state index contributed by atoms with van der Waals surface area (Å²) in [5.74, 6) is 2.21. The van der Waals surface area contributed by atoms with Crippen LogP contribution in [-0.4, -0.2) is 42.1 Å². The monoisotopic (exact) mass is 367 g/mol. The van der Waals surface area contributed by atoms with Crippen LogP contribution in [0.1, 0.15) is 58.4 Å². The second-order valence-corrected chi connectivity index (χ2v) is 7.66. The number of nitrogens with one attached hydrogen (secondary N) is 1. The van der Waals surface area contributed by atoms with Gasteiger partial charge in [0.25, 0.3) is 5.91 Å². The zero-order valence-electron chi connectivity index (χ0n) is 15.5. The van der Waals surface area contributed by atoms with Crippen molar-refractivity contribution >= 4 is 11.6 Å². The first-order valence-corrected chi connectivity index (χ1v) is 10.0. The molecule has 2 aromatic rings. The van der Waals surface area contributed by atoms with Crippen LogP contribution in [0.15, 0.2) is 22.6 Å². The van der Waals surface area contributed by atoms with Gasteiger partial charge in [-0.3, -0.25) is 4.79 Å². The number of oxazole rings is 1. The summed E-state index contributed by atoms with van der Waals surface area (Å²) in [6, 6.07) is 6.05. The number of aryl methyl sites for hydroxylation is 1. The summed E-state index contributed by atoms with van der Waals surface area (Å²) in [5, 5.41) is 3.42. The van der Waals surface area contributed by atoms with Crippen molar-refractivity contribution in [2.45, 2.75) is 44.6 Å². The Morgan fingerprint density at radius 2 is 2.11 bits per heavy atom. The molecule has 0 unspecified atom stereocenters. The Hall–Kier alpha value is -2.34. The van der Waals surface area contributed by atoms with Crippen LogP contribution in [0.25, 0.3) is 0 Å². The first kappa shape index (κ1) is 16.8. The van der Waals surface area contributed by atoms with Gasteiger partial charge in [0.05, 0.1) is 17.8 Å². The number of rotatable bonds is 2. The topological polar surface area (TPSA) is 67.6 Å². The number of hydrogen-bond donors (Lipinski definition) is 1. The van der Waals surface area contributed by atoms with Gasteiger partial charge in [0, 0.05) is 38.6 Å². The van der Waals surface area contributed by atoms with Crippen molar-refractivity contribution in [3.63, 3.8) is 0 Å². The predicted molar refractivity (Wildman–Crippen MR) is 101 cm³/mol. The molecule has 1 saturated heterocycles. The van der Waals surface area contributed by atoms with Crippen LogP contribution in [0, 0.1) is 0 Å². The number of benzene rings is 1. The second kappa shape index (κ2) is 7.00. The van der Waals surface area contributed by atoms with Gasteiger partial charge in [0.2, 0.25) is 0 Å². The third-order valence-electron chi connectivity index (χ3n) is 5.91. The molecule has 6 heteroatoms. The molecule has 6 nitrogen and oxygen atoms in total. The van der Waals surface area contributed by atoms with E-state index < -0.39 is 0 Å². The largest absolute Gasteiger partial charge is 0.445 e. The van der Waals surface area contributed by atoms with E-state index in [1.165, 1.54) is 5.56 Å². The Morgan fingerprint density at radius 3 is 3.00 bits per heavy atom. The molecule has 1 amide bonds. The number of aromatic nitrogens is 1. The van der Waals surface area contributed by atoms with Gasteiger partial charge in [-0.1, -0.05) is 12.1 Å². The number of hydrogen-bond acceptors (Lipinski definition) is 5. The highest BCUT2D eigenvalue weighted by atomic mass is 16.5. The van der Waals surface area contributed by atoms with Crippen LogP contribution in [0.3, 0.4) is 0 Å². The molecule has 3 aliphatic rings. The molecule has 1 aromatic carbocycles. The number of ether oxygens (including phenoxy) is 1. The van der Waals surface area contributed by atoms with Crippen molar-refractivity contribution in [1.29, 1.82) is 0 Å². The SMILES string of the molecule is O=C(c1cccc2c1NCCC2)N1CCc2oc(C3CCOCC3)nc2C1. The first-order chi connectivity index (χ1) is 13.3. The van der Waals surface area contributed by atoms with Crippen LogP contribution < -0.4 is 5.32 Å². The summed E-state index contributed by atoms with van der Waals surface area (Å²) >= 11 is 0. The number of carbonyl (C=O) groups is 1. The predicted octanol–water partition coefficient (Wildman–Crippen LogP) is 3.13. The number of amides is 1. The molecule has 1 N–H and O–H groups in total. The molecule has 1 aromatic heterocycles. The van der Waals surface area contributed by atoms with Crippen LogP contribution in [0.4, 0.5) is 5.69 Å². The van der Waals surface area contributed by atoms with Gasteiger partial charge >= 0.3 is 0 Å². The van der Waals surface area contributed by atoms with Crippen LogP contribution in [0.2, 0.25) is 0 Å². The van der Waals surface area contributed by atoms with Gasteiger partial charge in [-0.15, -0.1) is 0 Å². The van der Waals surface area contributed by atoms with Crippen LogP contribution in [0.5, 0.6) is 0 Å². The summed E-state index contributed by atoms with van der Waals surface area (Å²) in [6.45, 7) is 3.69. The van der Waals surface area contributed by atoms with Gasteiger partial charge in [-0.25, -0.2) is 4.98 Å². The number of carbonyl (C=O) groups excluding carboxylic acids is 1. The number of anilines is 1. The van der Waals surface area contributed by atoms with E-state index >= 15 is 0 Å². The van der Waals surface area contributed by atoms with E-state index in [1.807, 2.05) is 17.0 Å². The van der Waals surface area contributed by atoms with Crippen LogP contribution in [-0.2, 0) is 24.1 Å². The fourth-order valence-corrected chi connectivity index (χ4v) is 4.37. The zero-order chi connectivity index (χ0) is 18.2. The maximum Gasteiger partial charge on any atom is 0.256 e. The molecule has 0 saturated carbocycles. The molecule has 3 aliphatic heterocycles. The Kier molecular flexibility index (Phi) is 4.36. The minimum Gasteiger partial charge on any atom is -0.445 e. The van der Waals surface area contributed by atoms with Crippen molar-refractivity contribution in [1.82, 2.24) is 9.88 Å². The lowest BCUT2D eigenvalue weighted by Crippen LogP contribution is -2.36. The lowest BCUT2D eigenvalue weighted by molar-refractivity contribution is 0.0726. The maximum atomic E-state index is 13.2. The molecule has 0 spiro atoms. The lowest BCUT2D eigenvalue weighted by atomic mass is 9.98. The van der Waals surface area contributed by atoms with Gasteiger partial charge in [-0.2, -0.15) is 0 Å². The van der Waals surface area contributed by atoms with Gasteiger partial charge in [0.15, 0.2) is 5.89 Å². The molecule has 0 atom stereocenters. The number of para-hydroxylation sites is 1. The number of fused-ring (bicyclic) bond motifs is 2. The molecule has 0 bridgehead atoms. The van der Waals surface area contributed by atoms with E-state index in [0.29, 0.717) is 19.0 Å². The second-order valence-electron chi connectivity index (χ2n) is 7.66. The molecule has 142 valence electrons. The van der Waals surface area contributed by atoms with Crippen molar-refractivity contribution < 1.29 is 13.9 Å². The first-order valence-electron chi connectivity index (χ1n) is 10.0. The summed E-state index contributed by atoms with van der Waals surface area (Å²) < 4.78 is 11.5. The van der Waals surface area contributed by atoms with E-state index in [0.717, 1.165) is 80.5 Å². The molecule has 27 heavy (non-hydrogen) atoms. The summed E-state index contributed by atoms with van der Waals surface area (Å²) in [7, 11) is 0. The highest BCUT2D eigenvalue weighted by Crippen LogP contribution is 2.32. The molecular weight excluding hydrogens is 342 g/mol. The summed E-state index contributed by atoms with van der Waals surface area (Å²) in [6.07, 6.45) is 4.81. The standard InChI is InChI=1S/C21H25N3O3/c25-21(16-5-1-3-14-4-2-9-22-19(14)16)24-10-6-18-17(13-24)23-20(27-18)15-7-11-26-12-8-15/h1,3,5,15,22H,2,4,6-13H2. The Morgan fingerprint density at radius 1 is 1.22 bits per heavy atom. The summed E-state index contributed by atoms with van der Waals surface area (Å²) in [5.41, 5.74) is 3.97. The van der Waals surface area contributed by atoms with E-state index in [2.05, 4.69) is 11.4 Å². The minimum absolute atomic E-state index is 0.0857. The van der Waals surface area contributed by atoms with E-state index in [4.69, 9.17) is 14.1 Å². The van der Waals surface area contributed by atoms with Gasteiger partial charge < -0.3 is 19.4 Å². The van der Waals surface area contributed by atoms with Crippen LogP contribution >= 0.6 is 0 Å². The smallest absolute Gasteiger partial charge is 0.256 e. The Labute approximate surface area is 158 Å². The highest BCUT2D eigenvalue weighted by molar-refractivity contribution is 6.00. The molecule has 0 aliphatic carbocycles. The minimum atomic E-state index is 0.0857. The van der Waals surface area contributed by atoms with Crippen molar-refractivity contribution in [2.75, 3.05) is 31.6 Å². The van der Waals surface area contributed by atoms with Crippen molar-refractivity contribution in [3.05, 3.63) is 46.7 Å². The summed E-state index contributed by atoms with van der Waals surface area (Å²) in [4.78, 5) is 19.9. The molecule has 0 radical (unpaired) electrons. The third kappa shape index (κ3) is 3.12. The molecule has 1 fully saturated rings. The molecule has 5 rings (SSSR count). The zero-order valence-corrected chi connectivity index (χ0v) is 15.5. The van der Waals surface area contributed by atoms with Crippen molar-refractivity contribution in [3.8, 4) is 0 Å². The Balaban J connectivity index is 1.36. The number of nitrogens with zero attached hydrogens (tertiary/aromatic N) is 2.